The number of thiocarbonyl (C=S) groups is 1. The molecule has 1 aromatic rings. The molecule has 1 aliphatic heterocycles. The third-order valence-electron chi connectivity index (χ3n) is 3.27. The molecule has 1 amide bonds. The Morgan fingerprint density at radius 1 is 1.33 bits per heavy atom. The predicted octanol–water partition coefficient (Wildman–Crippen LogP) is 1.34. The van der Waals surface area contributed by atoms with E-state index in [4.69, 9.17) is 27.4 Å². The van der Waals surface area contributed by atoms with E-state index in [1.807, 2.05) is 13.8 Å². The Bertz CT molecular complexity index is 508. The quantitative estimate of drug-likeness (QED) is 0.850. The first-order valence-corrected chi connectivity index (χ1v) is 7.32. The topological polar surface area (TPSA) is 64.8 Å². The van der Waals surface area contributed by atoms with Crippen molar-refractivity contribution in [2.45, 2.75) is 26.1 Å². The average molecular weight is 308 g/mol. The van der Waals surface area contributed by atoms with Gasteiger partial charge in [0.25, 0.3) is 5.91 Å². The van der Waals surface area contributed by atoms with Crippen LogP contribution in [0.4, 0.5) is 0 Å². The van der Waals surface area contributed by atoms with Gasteiger partial charge in [0.05, 0.1) is 12.2 Å². The number of nitrogens with zero attached hydrogens (tertiary/aromatic N) is 1. The summed E-state index contributed by atoms with van der Waals surface area (Å²) in [6.45, 7) is 5.15. The highest BCUT2D eigenvalue weighted by molar-refractivity contribution is 7.80. The molecule has 1 aromatic carbocycles. The summed E-state index contributed by atoms with van der Waals surface area (Å²) in [5, 5.41) is 0. The van der Waals surface area contributed by atoms with Gasteiger partial charge in [-0.05, 0) is 38.1 Å². The van der Waals surface area contributed by atoms with Crippen molar-refractivity contribution in [1.29, 1.82) is 0 Å². The van der Waals surface area contributed by atoms with Crippen molar-refractivity contribution in [3.63, 3.8) is 0 Å². The lowest BCUT2D eigenvalue weighted by Gasteiger charge is -2.35. The van der Waals surface area contributed by atoms with Gasteiger partial charge in [-0.15, -0.1) is 0 Å². The van der Waals surface area contributed by atoms with Crippen molar-refractivity contribution in [3.05, 3.63) is 29.8 Å². The molecule has 0 bridgehead atoms. The second kappa shape index (κ2) is 6.87. The molecule has 1 saturated heterocycles. The number of carbonyl (C=O) groups excluding carboxylic acids is 1. The highest BCUT2D eigenvalue weighted by atomic mass is 32.1. The Labute approximate surface area is 130 Å². The summed E-state index contributed by atoms with van der Waals surface area (Å²) in [6.07, 6.45) is 0.116. The van der Waals surface area contributed by atoms with E-state index in [0.29, 0.717) is 23.8 Å². The Morgan fingerprint density at radius 2 is 1.90 bits per heavy atom. The monoisotopic (exact) mass is 308 g/mol. The number of carbonyl (C=O) groups is 1. The van der Waals surface area contributed by atoms with Crippen molar-refractivity contribution in [2.24, 2.45) is 5.73 Å². The number of nitrogens with two attached hydrogens (primary N) is 1. The van der Waals surface area contributed by atoms with Crippen LogP contribution in [0, 0.1) is 0 Å². The van der Waals surface area contributed by atoms with Crippen molar-refractivity contribution in [3.8, 4) is 5.75 Å². The molecule has 5 nitrogen and oxygen atoms in total. The highest BCUT2D eigenvalue weighted by Crippen LogP contribution is 2.14. The van der Waals surface area contributed by atoms with Crippen LogP contribution in [-0.2, 0) is 9.53 Å². The highest BCUT2D eigenvalue weighted by Gasteiger charge is 2.25. The minimum atomic E-state index is -0.0320. The second-order valence-corrected chi connectivity index (χ2v) is 5.67. The zero-order chi connectivity index (χ0) is 15.4. The number of ether oxygens (including phenoxy) is 2. The van der Waals surface area contributed by atoms with Gasteiger partial charge in [-0.25, -0.2) is 0 Å². The molecule has 0 saturated carbocycles. The minimum Gasteiger partial charge on any atom is -0.484 e. The van der Waals surface area contributed by atoms with Crippen LogP contribution in [0.1, 0.15) is 19.4 Å². The number of hydrogen-bond donors (Lipinski definition) is 1. The summed E-state index contributed by atoms with van der Waals surface area (Å²) >= 11 is 4.88. The Balaban J connectivity index is 1.87. The first-order valence-electron chi connectivity index (χ1n) is 6.91. The van der Waals surface area contributed by atoms with E-state index in [2.05, 4.69) is 0 Å². The Morgan fingerprint density at radius 3 is 2.43 bits per heavy atom. The lowest BCUT2D eigenvalue weighted by Crippen LogP contribution is -2.49. The number of hydrogen-bond acceptors (Lipinski definition) is 4. The maximum atomic E-state index is 12.1. The summed E-state index contributed by atoms with van der Waals surface area (Å²) in [4.78, 5) is 14.3. The normalized spacial score (nSPS) is 21.9. The second-order valence-electron chi connectivity index (χ2n) is 5.23. The molecule has 6 heteroatoms. The number of morpholine rings is 1. The lowest BCUT2D eigenvalue weighted by molar-refractivity contribution is -0.145. The fraction of sp³-hybridized carbons (Fsp3) is 0.467. The van der Waals surface area contributed by atoms with E-state index in [1.165, 1.54) is 0 Å². The van der Waals surface area contributed by atoms with E-state index < -0.39 is 0 Å². The van der Waals surface area contributed by atoms with E-state index in [9.17, 15) is 4.79 Å². The summed E-state index contributed by atoms with van der Waals surface area (Å²) in [5.74, 6) is 0.591. The van der Waals surface area contributed by atoms with Crippen molar-refractivity contribution in [2.75, 3.05) is 19.7 Å². The molecule has 21 heavy (non-hydrogen) atoms. The van der Waals surface area contributed by atoms with Gasteiger partial charge in [0.15, 0.2) is 6.61 Å². The molecule has 1 fully saturated rings. The zero-order valence-corrected chi connectivity index (χ0v) is 13.1. The molecule has 1 aliphatic rings. The molecule has 114 valence electrons. The van der Waals surface area contributed by atoms with Gasteiger partial charge < -0.3 is 20.1 Å². The smallest absolute Gasteiger partial charge is 0.260 e. The molecular formula is C15H20N2O3S. The van der Waals surface area contributed by atoms with Gasteiger partial charge in [0.1, 0.15) is 10.7 Å². The largest absolute Gasteiger partial charge is 0.484 e. The van der Waals surface area contributed by atoms with Crippen LogP contribution < -0.4 is 10.5 Å². The molecule has 1 heterocycles. The van der Waals surface area contributed by atoms with Crippen LogP contribution in [0.5, 0.6) is 5.75 Å². The Kier molecular flexibility index (Phi) is 5.14. The maximum Gasteiger partial charge on any atom is 0.260 e. The van der Waals surface area contributed by atoms with Gasteiger partial charge in [-0.3, -0.25) is 4.79 Å². The first-order chi connectivity index (χ1) is 9.95. The maximum absolute atomic E-state index is 12.1. The number of amides is 1. The number of benzene rings is 1. The van der Waals surface area contributed by atoms with Gasteiger partial charge in [-0.1, -0.05) is 12.2 Å². The molecule has 2 rings (SSSR count). The Hall–Kier alpha value is -1.66. The van der Waals surface area contributed by atoms with Crippen LogP contribution >= 0.6 is 12.2 Å². The van der Waals surface area contributed by atoms with Crippen LogP contribution in [0.15, 0.2) is 24.3 Å². The van der Waals surface area contributed by atoms with Gasteiger partial charge in [0.2, 0.25) is 0 Å². The molecule has 2 unspecified atom stereocenters. The van der Waals surface area contributed by atoms with Crippen LogP contribution in [0.3, 0.4) is 0 Å². The standard InChI is InChI=1S/C15H20N2O3S/c1-10-7-17(8-11(2)20-10)14(18)9-19-13-5-3-12(4-6-13)15(16)21/h3-6,10-11H,7-9H2,1-2H3,(H2,16,21). The molecule has 2 N–H and O–H groups in total. The average Bonchev–Trinajstić information content (AvgIpc) is 2.44. The molecule has 2 atom stereocenters. The number of rotatable bonds is 4. The van der Waals surface area contributed by atoms with Crippen molar-refractivity contribution >= 4 is 23.1 Å². The molecular weight excluding hydrogens is 288 g/mol. The van der Waals surface area contributed by atoms with Gasteiger partial charge >= 0.3 is 0 Å². The predicted molar refractivity (Wildman–Crippen MR) is 84.4 cm³/mol. The first kappa shape index (κ1) is 15.7. The zero-order valence-electron chi connectivity index (χ0n) is 12.2. The third-order valence-corrected chi connectivity index (χ3v) is 3.51. The van der Waals surface area contributed by atoms with E-state index in [1.54, 1.807) is 29.2 Å². The van der Waals surface area contributed by atoms with Crippen molar-refractivity contribution < 1.29 is 14.3 Å². The molecule has 0 aliphatic carbocycles. The van der Waals surface area contributed by atoms with Crippen LogP contribution in [-0.4, -0.2) is 47.7 Å². The van der Waals surface area contributed by atoms with E-state index in [0.717, 1.165) is 5.56 Å². The van der Waals surface area contributed by atoms with Crippen molar-refractivity contribution in [1.82, 2.24) is 4.90 Å². The van der Waals surface area contributed by atoms with Crippen LogP contribution in [0.2, 0.25) is 0 Å². The van der Waals surface area contributed by atoms with Gasteiger partial charge in [0, 0.05) is 18.7 Å². The fourth-order valence-electron chi connectivity index (χ4n) is 2.33. The lowest BCUT2D eigenvalue weighted by atomic mass is 10.2. The summed E-state index contributed by atoms with van der Waals surface area (Å²) in [6, 6.07) is 7.07. The SMILES string of the molecule is CC1CN(C(=O)COc2ccc(C(N)=S)cc2)CC(C)O1. The van der Waals surface area contributed by atoms with Gasteiger partial charge in [-0.2, -0.15) is 0 Å². The van der Waals surface area contributed by atoms with E-state index >= 15 is 0 Å². The van der Waals surface area contributed by atoms with Crippen LogP contribution in [0.25, 0.3) is 0 Å². The summed E-state index contributed by atoms with van der Waals surface area (Å²) in [7, 11) is 0. The third kappa shape index (κ3) is 4.41. The fourth-order valence-corrected chi connectivity index (χ4v) is 2.47. The molecule has 0 aromatic heterocycles. The van der Waals surface area contributed by atoms with E-state index in [-0.39, 0.29) is 24.7 Å². The summed E-state index contributed by atoms with van der Waals surface area (Å²) < 4.78 is 11.1. The minimum absolute atomic E-state index is 0.0197. The molecule has 0 radical (unpaired) electrons. The summed E-state index contributed by atoms with van der Waals surface area (Å²) in [5.41, 5.74) is 6.30. The molecule has 0 spiro atoms.